The third-order valence-corrected chi connectivity index (χ3v) is 3.31. The molecule has 0 spiro atoms. The number of ether oxygens (including phenoxy) is 1. The van der Waals surface area contributed by atoms with Gasteiger partial charge in [-0.3, -0.25) is 0 Å². The number of rotatable bonds is 4. The van der Waals surface area contributed by atoms with Gasteiger partial charge >= 0.3 is 0 Å². The molecule has 1 unspecified atom stereocenters. The zero-order valence-electron chi connectivity index (χ0n) is 9.69. The van der Waals surface area contributed by atoms with E-state index < -0.39 is 0 Å². The lowest BCUT2D eigenvalue weighted by atomic mass is 9.97. The summed E-state index contributed by atoms with van der Waals surface area (Å²) >= 11 is 3.33. The molecule has 3 nitrogen and oxygen atoms in total. The third kappa shape index (κ3) is 5.23. The van der Waals surface area contributed by atoms with Crippen LogP contribution in [0.3, 0.4) is 0 Å². The molecule has 1 aliphatic rings. The Kier molecular flexibility index (Phi) is 6.85. The Bertz CT molecular complexity index is 332. The van der Waals surface area contributed by atoms with E-state index in [9.17, 15) is 0 Å². The second kappa shape index (κ2) is 7.90. The fourth-order valence-electron chi connectivity index (χ4n) is 1.97. The highest BCUT2D eigenvalue weighted by Gasteiger charge is 2.12. The Morgan fingerprint density at radius 1 is 1.47 bits per heavy atom. The molecule has 5 heteroatoms. The summed E-state index contributed by atoms with van der Waals surface area (Å²) < 4.78 is 6.44. The van der Waals surface area contributed by atoms with E-state index in [4.69, 9.17) is 4.74 Å². The minimum atomic E-state index is 0. The average Bonchev–Trinajstić information content (AvgIpc) is 2.30. The molecular formula is C12H18BrClN2O. The summed E-state index contributed by atoms with van der Waals surface area (Å²) in [5.41, 5.74) is 0. The Morgan fingerprint density at radius 2 is 2.35 bits per heavy atom. The molecule has 96 valence electrons. The van der Waals surface area contributed by atoms with Gasteiger partial charge in [0, 0.05) is 6.07 Å². The lowest BCUT2D eigenvalue weighted by Crippen LogP contribution is -2.30. The molecule has 17 heavy (non-hydrogen) atoms. The van der Waals surface area contributed by atoms with E-state index in [1.165, 1.54) is 19.4 Å². The van der Waals surface area contributed by atoms with E-state index in [2.05, 4.69) is 26.2 Å². The average molecular weight is 322 g/mol. The maximum absolute atomic E-state index is 5.62. The van der Waals surface area contributed by atoms with Gasteiger partial charge in [0.2, 0.25) is 5.88 Å². The maximum atomic E-state index is 5.62. The van der Waals surface area contributed by atoms with Crippen molar-refractivity contribution in [1.29, 1.82) is 0 Å². The van der Waals surface area contributed by atoms with Crippen molar-refractivity contribution < 1.29 is 4.74 Å². The van der Waals surface area contributed by atoms with Gasteiger partial charge in [-0.1, -0.05) is 6.07 Å². The smallest absolute Gasteiger partial charge is 0.214 e. The first-order valence-electron chi connectivity index (χ1n) is 5.80. The summed E-state index contributed by atoms with van der Waals surface area (Å²) in [6.07, 6.45) is 3.73. The molecule has 2 heterocycles. The van der Waals surface area contributed by atoms with Crippen LogP contribution in [0.2, 0.25) is 0 Å². The number of halogens is 2. The Balaban J connectivity index is 0.00000144. The van der Waals surface area contributed by atoms with Crippen LogP contribution in [0.4, 0.5) is 0 Å². The van der Waals surface area contributed by atoms with Crippen molar-refractivity contribution in [2.24, 2.45) is 5.92 Å². The Hall–Kier alpha value is -0.320. The molecule has 0 amide bonds. The molecule has 0 aromatic carbocycles. The molecule has 0 radical (unpaired) electrons. The van der Waals surface area contributed by atoms with Crippen LogP contribution in [0.15, 0.2) is 22.8 Å². The molecule has 1 atom stereocenters. The van der Waals surface area contributed by atoms with Crippen molar-refractivity contribution >= 4 is 28.3 Å². The van der Waals surface area contributed by atoms with E-state index in [1.807, 2.05) is 18.2 Å². The van der Waals surface area contributed by atoms with Crippen LogP contribution in [0, 0.1) is 5.92 Å². The van der Waals surface area contributed by atoms with Gasteiger partial charge in [-0.25, -0.2) is 4.98 Å². The van der Waals surface area contributed by atoms with Gasteiger partial charge in [-0.05, 0) is 60.3 Å². The van der Waals surface area contributed by atoms with Gasteiger partial charge < -0.3 is 10.1 Å². The number of hydrogen-bond donors (Lipinski definition) is 1. The fraction of sp³-hybridized carbons (Fsp3) is 0.583. The molecule has 1 N–H and O–H groups in total. The van der Waals surface area contributed by atoms with Gasteiger partial charge in [0.05, 0.1) is 6.61 Å². The third-order valence-electron chi connectivity index (χ3n) is 2.86. The Morgan fingerprint density at radius 3 is 3.06 bits per heavy atom. The normalized spacial score (nSPS) is 19.5. The highest BCUT2D eigenvalue weighted by atomic mass is 79.9. The quantitative estimate of drug-likeness (QED) is 0.866. The van der Waals surface area contributed by atoms with Crippen molar-refractivity contribution in [2.45, 2.75) is 19.3 Å². The lowest BCUT2D eigenvalue weighted by Gasteiger charge is -2.22. The van der Waals surface area contributed by atoms with E-state index in [1.54, 1.807) is 0 Å². The van der Waals surface area contributed by atoms with Crippen molar-refractivity contribution in [3.63, 3.8) is 0 Å². The highest BCUT2D eigenvalue weighted by molar-refractivity contribution is 9.10. The second-order valence-corrected chi connectivity index (χ2v) is 4.96. The number of aromatic nitrogens is 1. The van der Waals surface area contributed by atoms with Gasteiger partial charge in [0.25, 0.3) is 0 Å². The summed E-state index contributed by atoms with van der Waals surface area (Å²) in [5.74, 6) is 1.47. The van der Waals surface area contributed by atoms with Gasteiger partial charge in [0.1, 0.15) is 4.60 Å². The molecule has 1 fully saturated rings. The molecule has 1 saturated heterocycles. The van der Waals surface area contributed by atoms with Crippen LogP contribution in [0.25, 0.3) is 0 Å². The summed E-state index contributed by atoms with van der Waals surface area (Å²) in [6, 6.07) is 5.73. The fourth-order valence-corrected chi connectivity index (χ4v) is 2.30. The first-order valence-corrected chi connectivity index (χ1v) is 6.60. The van der Waals surface area contributed by atoms with Crippen molar-refractivity contribution in [3.8, 4) is 5.88 Å². The summed E-state index contributed by atoms with van der Waals surface area (Å²) in [7, 11) is 0. The van der Waals surface area contributed by atoms with E-state index >= 15 is 0 Å². The minimum Gasteiger partial charge on any atom is -0.478 e. The first-order chi connectivity index (χ1) is 7.84. The maximum Gasteiger partial charge on any atom is 0.214 e. The molecule has 0 bridgehead atoms. The number of piperidine rings is 1. The molecule has 0 saturated carbocycles. The molecule has 1 aromatic heterocycles. The van der Waals surface area contributed by atoms with Crippen LogP contribution < -0.4 is 10.1 Å². The molecule has 2 rings (SSSR count). The van der Waals surface area contributed by atoms with Crippen molar-refractivity contribution in [1.82, 2.24) is 10.3 Å². The zero-order valence-corrected chi connectivity index (χ0v) is 12.1. The predicted octanol–water partition coefficient (Wildman–Crippen LogP) is 3.03. The molecule has 1 aromatic rings. The van der Waals surface area contributed by atoms with E-state index in [-0.39, 0.29) is 12.4 Å². The van der Waals surface area contributed by atoms with Gasteiger partial charge in [0.15, 0.2) is 0 Å². The van der Waals surface area contributed by atoms with Crippen LogP contribution in [-0.4, -0.2) is 24.7 Å². The largest absolute Gasteiger partial charge is 0.478 e. The van der Waals surface area contributed by atoms with Crippen LogP contribution >= 0.6 is 28.3 Å². The molecular weight excluding hydrogens is 304 g/mol. The number of hydrogen-bond acceptors (Lipinski definition) is 3. The second-order valence-electron chi connectivity index (χ2n) is 4.15. The number of nitrogens with zero attached hydrogens (tertiary/aromatic N) is 1. The zero-order chi connectivity index (χ0) is 11.2. The summed E-state index contributed by atoms with van der Waals surface area (Å²) in [6.45, 7) is 3.07. The SMILES string of the molecule is Brc1cccc(OCCC2CCCNC2)n1.Cl. The molecule has 0 aliphatic carbocycles. The predicted molar refractivity (Wildman–Crippen MR) is 74.9 cm³/mol. The summed E-state index contributed by atoms with van der Waals surface area (Å²) in [5, 5.41) is 3.41. The minimum absolute atomic E-state index is 0. The standard InChI is InChI=1S/C12H17BrN2O.ClH/c13-11-4-1-5-12(15-11)16-8-6-10-3-2-7-14-9-10;/h1,4-5,10,14H,2-3,6-9H2;1H. The van der Waals surface area contributed by atoms with E-state index in [0.717, 1.165) is 30.1 Å². The van der Waals surface area contributed by atoms with Crippen LogP contribution in [-0.2, 0) is 0 Å². The van der Waals surface area contributed by atoms with Crippen molar-refractivity contribution in [2.75, 3.05) is 19.7 Å². The Labute approximate surface area is 117 Å². The monoisotopic (exact) mass is 320 g/mol. The first kappa shape index (κ1) is 14.7. The number of nitrogens with one attached hydrogen (secondary N) is 1. The number of pyridine rings is 1. The van der Waals surface area contributed by atoms with Crippen molar-refractivity contribution in [3.05, 3.63) is 22.8 Å². The van der Waals surface area contributed by atoms with Gasteiger partial charge in [-0.15, -0.1) is 12.4 Å². The van der Waals surface area contributed by atoms with E-state index in [0.29, 0.717) is 5.88 Å². The van der Waals surface area contributed by atoms with Gasteiger partial charge in [-0.2, -0.15) is 0 Å². The molecule has 1 aliphatic heterocycles. The summed E-state index contributed by atoms with van der Waals surface area (Å²) in [4.78, 5) is 4.23. The highest BCUT2D eigenvalue weighted by Crippen LogP contribution is 2.16. The van der Waals surface area contributed by atoms with Crippen LogP contribution in [0.1, 0.15) is 19.3 Å². The van der Waals surface area contributed by atoms with Crippen LogP contribution in [0.5, 0.6) is 5.88 Å². The topological polar surface area (TPSA) is 34.1 Å². The lowest BCUT2D eigenvalue weighted by molar-refractivity contribution is 0.247.